The van der Waals surface area contributed by atoms with Crippen LogP contribution < -0.4 is 4.90 Å². The number of benzene rings is 8. The summed E-state index contributed by atoms with van der Waals surface area (Å²) in [5, 5.41) is 6.77. The van der Waals surface area contributed by atoms with E-state index >= 15 is 0 Å². The highest BCUT2D eigenvalue weighted by atomic mass is 16.3. The maximum Gasteiger partial charge on any atom is 0.136 e. The van der Waals surface area contributed by atoms with Crippen LogP contribution in [0.4, 0.5) is 17.1 Å². The molecule has 0 unspecified atom stereocenters. The Hall–Kier alpha value is -6.58. The fourth-order valence-electron chi connectivity index (χ4n) is 7.42. The van der Waals surface area contributed by atoms with Gasteiger partial charge in [0.15, 0.2) is 0 Å². The minimum atomic E-state index is 0.864. The lowest BCUT2D eigenvalue weighted by Gasteiger charge is -2.29. The van der Waals surface area contributed by atoms with E-state index < -0.39 is 0 Å². The molecule has 0 saturated heterocycles. The van der Waals surface area contributed by atoms with Crippen molar-refractivity contribution in [3.8, 4) is 22.3 Å². The third kappa shape index (κ3) is 4.44. The van der Waals surface area contributed by atoms with Crippen LogP contribution in [0.3, 0.4) is 0 Å². The average Bonchev–Trinajstić information content (AvgIpc) is 3.74. The van der Waals surface area contributed by atoms with Crippen LogP contribution in [0.5, 0.6) is 0 Å². The first-order chi connectivity index (χ1) is 24.3. The Labute approximate surface area is 282 Å². The molecule has 0 aliphatic carbocycles. The van der Waals surface area contributed by atoms with Gasteiger partial charge < -0.3 is 13.7 Å². The zero-order chi connectivity index (χ0) is 32.3. The number of hydrogen-bond donors (Lipinski definition) is 0. The molecular weight excluding hydrogens is 599 g/mol. The van der Waals surface area contributed by atoms with Crippen molar-refractivity contribution in [1.29, 1.82) is 0 Å². The summed E-state index contributed by atoms with van der Waals surface area (Å²) in [6, 6.07) is 62.1. The zero-order valence-corrected chi connectivity index (χ0v) is 26.5. The van der Waals surface area contributed by atoms with Gasteiger partial charge in [0, 0.05) is 38.5 Å². The monoisotopic (exact) mass is 627 g/mol. The van der Waals surface area contributed by atoms with E-state index in [1.165, 1.54) is 21.9 Å². The molecule has 0 atom stereocenters. The summed E-state index contributed by atoms with van der Waals surface area (Å²) in [6.45, 7) is 0. The quantitative estimate of drug-likeness (QED) is 0.190. The van der Waals surface area contributed by atoms with Crippen molar-refractivity contribution < 1.29 is 8.83 Å². The molecule has 0 saturated carbocycles. The SMILES string of the molecule is c1ccc(-c2ccc(N(c3ccc4oc5ccccc5c4c3)c3ccc4oc5ccccc5c4c3-c3cccc4ccccc34)cc2)cc1. The highest BCUT2D eigenvalue weighted by Crippen LogP contribution is 2.49. The van der Waals surface area contributed by atoms with E-state index in [2.05, 4.69) is 163 Å². The summed E-state index contributed by atoms with van der Waals surface area (Å²) >= 11 is 0. The van der Waals surface area contributed by atoms with Crippen LogP contribution in [0, 0.1) is 0 Å². The van der Waals surface area contributed by atoms with E-state index in [1.54, 1.807) is 0 Å². The number of hydrogen-bond acceptors (Lipinski definition) is 3. The van der Waals surface area contributed by atoms with E-state index in [1.807, 2.05) is 18.2 Å². The maximum absolute atomic E-state index is 6.50. The number of furan rings is 2. The van der Waals surface area contributed by atoms with Gasteiger partial charge >= 0.3 is 0 Å². The highest BCUT2D eigenvalue weighted by molar-refractivity contribution is 6.19. The van der Waals surface area contributed by atoms with Gasteiger partial charge in [-0.3, -0.25) is 0 Å². The summed E-state index contributed by atoms with van der Waals surface area (Å²) in [6.07, 6.45) is 0. The Morgan fingerprint density at radius 2 is 0.959 bits per heavy atom. The summed E-state index contributed by atoms with van der Waals surface area (Å²) in [5.74, 6) is 0. The Kier molecular flexibility index (Phi) is 6.18. The molecule has 0 aliphatic rings. The van der Waals surface area contributed by atoms with E-state index in [0.29, 0.717) is 0 Å². The minimum absolute atomic E-state index is 0.864. The van der Waals surface area contributed by atoms with E-state index in [-0.39, 0.29) is 0 Å². The van der Waals surface area contributed by atoms with Gasteiger partial charge in [-0.05, 0) is 82.1 Å². The number of rotatable bonds is 5. The molecule has 0 aliphatic heterocycles. The molecule has 2 aromatic heterocycles. The van der Waals surface area contributed by atoms with Crippen molar-refractivity contribution in [1.82, 2.24) is 0 Å². The lowest BCUT2D eigenvalue weighted by molar-refractivity contribution is 0.668. The topological polar surface area (TPSA) is 29.5 Å². The van der Waals surface area contributed by atoms with Crippen LogP contribution in [0.2, 0.25) is 0 Å². The van der Waals surface area contributed by atoms with Gasteiger partial charge in [-0.15, -0.1) is 0 Å². The van der Waals surface area contributed by atoms with Crippen molar-refractivity contribution in [2.45, 2.75) is 0 Å². The third-order valence-corrected chi connectivity index (χ3v) is 9.67. The normalized spacial score (nSPS) is 11.7. The van der Waals surface area contributed by atoms with Crippen molar-refractivity contribution in [2.24, 2.45) is 0 Å². The van der Waals surface area contributed by atoms with Crippen molar-refractivity contribution in [3.05, 3.63) is 176 Å². The van der Waals surface area contributed by atoms with Gasteiger partial charge in [-0.1, -0.05) is 121 Å². The van der Waals surface area contributed by atoms with E-state index in [9.17, 15) is 0 Å². The fourth-order valence-corrected chi connectivity index (χ4v) is 7.42. The fraction of sp³-hybridized carbons (Fsp3) is 0. The van der Waals surface area contributed by atoms with Crippen molar-refractivity contribution in [3.63, 3.8) is 0 Å². The lowest BCUT2D eigenvalue weighted by Crippen LogP contribution is -2.11. The number of anilines is 3. The van der Waals surface area contributed by atoms with Crippen LogP contribution in [0.1, 0.15) is 0 Å². The molecule has 0 radical (unpaired) electrons. The molecule has 0 amide bonds. The lowest BCUT2D eigenvalue weighted by atomic mass is 9.92. The van der Waals surface area contributed by atoms with Crippen molar-refractivity contribution in [2.75, 3.05) is 4.90 Å². The minimum Gasteiger partial charge on any atom is -0.456 e. The van der Waals surface area contributed by atoms with Crippen LogP contribution in [-0.2, 0) is 0 Å². The molecule has 0 spiro atoms. The van der Waals surface area contributed by atoms with Gasteiger partial charge in [-0.2, -0.15) is 0 Å². The van der Waals surface area contributed by atoms with Gasteiger partial charge in [-0.25, -0.2) is 0 Å². The molecule has 49 heavy (non-hydrogen) atoms. The summed E-state index contributed by atoms with van der Waals surface area (Å²) in [7, 11) is 0. The maximum atomic E-state index is 6.50. The summed E-state index contributed by atoms with van der Waals surface area (Å²) in [5.41, 5.74) is 11.3. The Morgan fingerprint density at radius 3 is 1.80 bits per heavy atom. The second-order valence-electron chi connectivity index (χ2n) is 12.5. The average molecular weight is 628 g/mol. The van der Waals surface area contributed by atoms with Crippen LogP contribution in [0.15, 0.2) is 185 Å². The summed E-state index contributed by atoms with van der Waals surface area (Å²) in [4.78, 5) is 2.38. The molecule has 10 rings (SSSR count). The molecule has 3 nitrogen and oxygen atoms in total. The Balaban J connectivity index is 1.30. The molecule has 8 aromatic carbocycles. The largest absolute Gasteiger partial charge is 0.456 e. The molecule has 230 valence electrons. The first kappa shape index (κ1) is 27.5. The van der Waals surface area contributed by atoms with Crippen LogP contribution >= 0.6 is 0 Å². The molecule has 2 heterocycles. The second-order valence-corrected chi connectivity index (χ2v) is 12.5. The first-order valence-electron chi connectivity index (χ1n) is 16.6. The first-order valence-corrected chi connectivity index (χ1v) is 16.6. The van der Waals surface area contributed by atoms with Crippen LogP contribution in [-0.4, -0.2) is 0 Å². The van der Waals surface area contributed by atoms with E-state index in [4.69, 9.17) is 8.83 Å². The second kappa shape index (κ2) is 11.0. The standard InChI is InChI=1S/C46H29NO2/c1-2-11-30(12-3-1)31-21-23-33(24-22-31)47(34-25-27-43-39(29-34)36-16-6-8-19-41(36)48-43)40-26-28-44-46(38-17-7-9-20-42(38)49-44)45(40)37-18-10-14-32-13-4-5-15-35(32)37/h1-29H. The highest BCUT2D eigenvalue weighted by Gasteiger charge is 2.24. The molecular formula is C46H29NO2. The number of fused-ring (bicyclic) bond motifs is 7. The Morgan fingerprint density at radius 1 is 0.367 bits per heavy atom. The predicted octanol–water partition coefficient (Wildman–Crippen LogP) is 13.4. The number of nitrogens with zero attached hydrogens (tertiary/aromatic N) is 1. The smallest absolute Gasteiger partial charge is 0.136 e. The molecule has 10 aromatic rings. The van der Waals surface area contributed by atoms with Gasteiger partial charge in [0.2, 0.25) is 0 Å². The van der Waals surface area contributed by atoms with Crippen LogP contribution in [0.25, 0.3) is 76.9 Å². The molecule has 0 fully saturated rings. The molecule has 3 heteroatoms. The van der Waals surface area contributed by atoms with Gasteiger partial charge in [0.1, 0.15) is 22.3 Å². The van der Waals surface area contributed by atoms with Gasteiger partial charge in [0.05, 0.1) is 5.69 Å². The van der Waals surface area contributed by atoms with Gasteiger partial charge in [0.25, 0.3) is 0 Å². The molecule has 0 bridgehead atoms. The zero-order valence-electron chi connectivity index (χ0n) is 26.5. The number of para-hydroxylation sites is 2. The van der Waals surface area contributed by atoms with E-state index in [0.717, 1.165) is 72.1 Å². The Bertz CT molecular complexity index is 2820. The predicted molar refractivity (Wildman–Crippen MR) is 204 cm³/mol. The third-order valence-electron chi connectivity index (χ3n) is 9.67. The molecule has 0 N–H and O–H groups in total. The summed E-state index contributed by atoms with van der Waals surface area (Å²) < 4.78 is 12.8. The van der Waals surface area contributed by atoms with Crippen molar-refractivity contribution >= 4 is 71.7 Å².